The summed E-state index contributed by atoms with van der Waals surface area (Å²) in [6.45, 7) is 4.35. The topological polar surface area (TPSA) is 89.4 Å². The number of aliphatic hydroxyl groups is 1. The maximum Gasteiger partial charge on any atom is 0.123 e. The Labute approximate surface area is 203 Å². The quantitative estimate of drug-likeness (QED) is 0.552. The lowest BCUT2D eigenvalue weighted by atomic mass is 9.95. The van der Waals surface area contributed by atoms with E-state index < -0.39 is 5.60 Å². The number of aromatic nitrogens is 1. The predicted molar refractivity (Wildman–Crippen MR) is 132 cm³/mol. The smallest absolute Gasteiger partial charge is 0.123 e. The van der Waals surface area contributed by atoms with Gasteiger partial charge in [0.1, 0.15) is 11.4 Å². The Morgan fingerprint density at radius 3 is 2.55 bits per heavy atom. The molecule has 0 saturated carbocycles. The number of nitrogens with two attached hydrogens (primary N) is 1. The number of pyridine rings is 1. The van der Waals surface area contributed by atoms with Gasteiger partial charge in [0, 0.05) is 43.0 Å². The minimum atomic E-state index is -1.08. The molecule has 6 nitrogen and oxygen atoms in total. The van der Waals surface area contributed by atoms with Gasteiger partial charge in [-0.1, -0.05) is 41.4 Å². The van der Waals surface area contributed by atoms with E-state index in [-0.39, 0.29) is 6.04 Å². The van der Waals surface area contributed by atoms with Crippen molar-refractivity contribution in [2.24, 2.45) is 0 Å². The number of nitrogens with zero attached hydrogens (tertiary/aromatic N) is 4. The molecule has 0 unspecified atom stereocenters. The summed E-state index contributed by atoms with van der Waals surface area (Å²) in [7, 11) is 0. The zero-order valence-corrected chi connectivity index (χ0v) is 19.8. The van der Waals surface area contributed by atoms with Gasteiger partial charge in [0.15, 0.2) is 0 Å². The van der Waals surface area contributed by atoms with Gasteiger partial charge < -0.3 is 15.7 Å². The highest BCUT2D eigenvalue weighted by Crippen LogP contribution is 2.37. The molecule has 0 radical (unpaired) electrons. The van der Waals surface area contributed by atoms with Crippen LogP contribution in [0.4, 0.5) is 11.5 Å². The van der Waals surface area contributed by atoms with Crippen LogP contribution in [0.25, 0.3) is 0 Å². The highest BCUT2D eigenvalue weighted by atomic mass is 35.5. The Hall–Kier alpha value is -2.82. The van der Waals surface area contributed by atoms with Gasteiger partial charge in [-0.25, -0.2) is 4.98 Å². The molecular weight excluding hydrogens is 457 g/mol. The number of β-amino-alcohol motifs (C(OH)–C–C–N with tert-alkyl or cyclic N) is 1. The number of rotatable bonds is 5. The number of anilines is 2. The first kappa shape index (κ1) is 23.3. The predicted octanol–water partition coefficient (Wildman–Crippen LogP) is 4.61. The minimum absolute atomic E-state index is 0.0122. The summed E-state index contributed by atoms with van der Waals surface area (Å²) >= 11 is 12.7. The summed E-state index contributed by atoms with van der Waals surface area (Å²) in [4.78, 5) is 8.62. The summed E-state index contributed by atoms with van der Waals surface area (Å²) in [5, 5.41) is 21.6. The average molecular weight is 482 g/mol. The Bertz CT molecular complexity index is 1160. The van der Waals surface area contributed by atoms with Gasteiger partial charge in [-0.05, 0) is 48.9 Å². The van der Waals surface area contributed by atoms with E-state index in [1.165, 1.54) is 0 Å². The monoisotopic (exact) mass is 481 g/mol. The van der Waals surface area contributed by atoms with Gasteiger partial charge in [0.2, 0.25) is 0 Å². The SMILES string of the molecule is C[C@@](O)(CN1CCN(c2ccc(C#N)cc2Cl)[C@H](c2ccc(Cl)cc2)C1)c1ccc(N)nc1. The van der Waals surface area contributed by atoms with Crippen molar-refractivity contribution in [2.75, 3.05) is 36.8 Å². The van der Waals surface area contributed by atoms with Crippen molar-refractivity contribution >= 4 is 34.7 Å². The number of hydrogen-bond donors (Lipinski definition) is 2. The molecule has 2 atom stereocenters. The fraction of sp³-hybridized carbons (Fsp3) is 0.280. The molecule has 33 heavy (non-hydrogen) atoms. The molecule has 1 saturated heterocycles. The fourth-order valence-electron chi connectivity index (χ4n) is 4.30. The summed E-state index contributed by atoms with van der Waals surface area (Å²) in [5.74, 6) is 0.422. The molecule has 0 aliphatic carbocycles. The van der Waals surface area contributed by atoms with Crippen LogP contribution in [0, 0.1) is 11.3 Å². The van der Waals surface area contributed by atoms with Gasteiger partial charge in [-0.15, -0.1) is 0 Å². The third-order valence-electron chi connectivity index (χ3n) is 6.05. The van der Waals surface area contributed by atoms with Crippen molar-refractivity contribution in [2.45, 2.75) is 18.6 Å². The fourth-order valence-corrected chi connectivity index (χ4v) is 4.72. The number of nitriles is 1. The molecule has 2 aromatic carbocycles. The lowest BCUT2D eigenvalue weighted by Crippen LogP contribution is -2.52. The van der Waals surface area contributed by atoms with Crippen molar-refractivity contribution < 1.29 is 5.11 Å². The largest absolute Gasteiger partial charge is 0.384 e. The van der Waals surface area contributed by atoms with Gasteiger partial charge in [0.25, 0.3) is 0 Å². The lowest BCUT2D eigenvalue weighted by Gasteiger charge is -2.45. The summed E-state index contributed by atoms with van der Waals surface area (Å²) in [5.41, 5.74) is 7.84. The van der Waals surface area contributed by atoms with Gasteiger partial charge in [-0.2, -0.15) is 5.26 Å². The Balaban J connectivity index is 1.62. The maximum absolute atomic E-state index is 11.2. The van der Waals surface area contributed by atoms with Crippen molar-refractivity contribution in [3.8, 4) is 6.07 Å². The Kier molecular flexibility index (Phi) is 6.78. The van der Waals surface area contributed by atoms with E-state index in [2.05, 4.69) is 20.9 Å². The second-order valence-electron chi connectivity index (χ2n) is 8.52. The number of halogens is 2. The van der Waals surface area contributed by atoms with E-state index in [1.54, 1.807) is 31.3 Å². The second kappa shape index (κ2) is 9.58. The third-order valence-corrected chi connectivity index (χ3v) is 6.60. The molecule has 2 heterocycles. The highest BCUT2D eigenvalue weighted by molar-refractivity contribution is 6.33. The molecule has 170 valence electrons. The lowest BCUT2D eigenvalue weighted by molar-refractivity contribution is 0.0100. The van der Waals surface area contributed by atoms with Crippen molar-refractivity contribution in [1.29, 1.82) is 5.26 Å². The van der Waals surface area contributed by atoms with Crippen LogP contribution >= 0.6 is 23.2 Å². The third kappa shape index (κ3) is 5.23. The molecule has 3 aromatic rings. The van der Waals surface area contributed by atoms with E-state index >= 15 is 0 Å². The summed E-state index contributed by atoms with van der Waals surface area (Å²) < 4.78 is 0. The van der Waals surface area contributed by atoms with Crippen molar-refractivity contribution in [1.82, 2.24) is 9.88 Å². The molecule has 1 aromatic heterocycles. The van der Waals surface area contributed by atoms with E-state index in [4.69, 9.17) is 28.9 Å². The first-order valence-corrected chi connectivity index (χ1v) is 11.4. The van der Waals surface area contributed by atoms with E-state index in [9.17, 15) is 10.4 Å². The summed E-state index contributed by atoms with van der Waals surface area (Å²) in [6, 6.07) is 18.8. The van der Waals surface area contributed by atoms with E-state index in [1.807, 2.05) is 36.4 Å². The number of benzene rings is 2. The molecule has 0 amide bonds. The standard InChI is InChI=1S/C25H25Cl2N5O/c1-25(33,19-5-9-24(29)30-14-19)16-31-10-11-32(22-8-2-17(13-28)12-21(22)27)23(15-31)18-3-6-20(26)7-4-18/h2-9,12,14,23,33H,10-11,15-16H2,1H3,(H2,29,30)/t23-,25+/m0/s1. The summed E-state index contributed by atoms with van der Waals surface area (Å²) in [6.07, 6.45) is 1.62. The van der Waals surface area contributed by atoms with Crippen LogP contribution in [0.3, 0.4) is 0 Å². The molecule has 4 rings (SSSR count). The van der Waals surface area contributed by atoms with Gasteiger partial charge in [0.05, 0.1) is 28.4 Å². The van der Waals surface area contributed by atoms with Crippen LogP contribution < -0.4 is 10.6 Å². The van der Waals surface area contributed by atoms with Crippen molar-refractivity contribution in [3.05, 3.63) is 87.5 Å². The van der Waals surface area contributed by atoms with Crippen LogP contribution in [0.2, 0.25) is 10.0 Å². The second-order valence-corrected chi connectivity index (χ2v) is 9.36. The Morgan fingerprint density at radius 1 is 1.15 bits per heavy atom. The molecule has 1 fully saturated rings. The van der Waals surface area contributed by atoms with Crippen LogP contribution in [0.5, 0.6) is 0 Å². The number of piperazine rings is 1. The maximum atomic E-state index is 11.2. The number of nitrogen functional groups attached to an aromatic ring is 1. The molecule has 1 aliphatic rings. The van der Waals surface area contributed by atoms with E-state index in [0.29, 0.717) is 41.1 Å². The van der Waals surface area contributed by atoms with E-state index in [0.717, 1.165) is 23.4 Å². The van der Waals surface area contributed by atoms with Crippen LogP contribution in [0.15, 0.2) is 60.8 Å². The zero-order valence-electron chi connectivity index (χ0n) is 18.2. The van der Waals surface area contributed by atoms with Crippen LogP contribution in [0.1, 0.15) is 29.7 Å². The average Bonchev–Trinajstić information content (AvgIpc) is 2.80. The molecule has 1 aliphatic heterocycles. The Morgan fingerprint density at radius 2 is 1.91 bits per heavy atom. The highest BCUT2D eigenvalue weighted by Gasteiger charge is 2.34. The van der Waals surface area contributed by atoms with Crippen LogP contribution in [-0.4, -0.2) is 41.2 Å². The van der Waals surface area contributed by atoms with Crippen LogP contribution in [-0.2, 0) is 5.60 Å². The van der Waals surface area contributed by atoms with Gasteiger partial charge in [-0.3, -0.25) is 4.90 Å². The zero-order chi connectivity index (χ0) is 23.6. The molecule has 3 N–H and O–H groups in total. The van der Waals surface area contributed by atoms with Gasteiger partial charge >= 0.3 is 0 Å². The number of hydrogen-bond acceptors (Lipinski definition) is 6. The molecule has 8 heteroatoms. The minimum Gasteiger partial charge on any atom is -0.384 e. The normalized spacial score (nSPS) is 18.5. The molecular formula is C25H25Cl2N5O. The molecule has 0 spiro atoms. The first-order valence-electron chi connectivity index (χ1n) is 10.7. The van der Waals surface area contributed by atoms with Crippen molar-refractivity contribution in [3.63, 3.8) is 0 Å². The molecule has 0 bridgehead atoms. The first-order chi connectivity index (χ1) is 15.8.